The van der Waals surface area contributed by atoms with Gasteiger partial charge in [0.25, 0.3) is 0 Å². The van der Waals surface area contributed by atoms with Crippen LogP contribution in [0.25, 0.3) is 16.2 Å². The van der Waals surface area contributed by atoms with Crippen LogP contribution in [0.5, 0.6) is 0 Å². The first-order valence-corrected chi connectivity index (χ1v) is 8.81. The molecule has 3 aromatic rings. The highest BCUT2D eigenvalue weighted by molar-refractivity contribution is 7.15. The third-order valence-electron chi connectivity index (χ3n) is 4.09. The first-order valence-electron chi connectivity index (χ1n) is 7.93. The molecule has 0 amide bonds. The summed E-state index contributed by atoms with van der Waals surface area (Å²) in [6.45, 7) is 7.27. The Kier molecular flexibility index (Phi) is 4.32. The Bertz CT molecular complexity index is 766. The average molecular weight is 313 g/mol. The maximum absolute atomic E-state index is 5.86. The fourth-order valence-corrected chi connectivity index (χ4v) is 3.90. The molecular weight excluding hydrogens is 290 g/mol. The van der Waals surface area contributed by atoms with Gasteiger partial charge in [-0.25, -0.2) is 4.98 Å². The number of imidazole rings is 1. The first-order chi connectivity index (χ1) is 10.7. The molecular formula is C18H23N3S. The lowest BCUT2D eigenvalue weighted by atomic mass is 10.0. The van der Waals surface area contributed by atoms with E-state index in [1.54, 1.807) is 11.3 Å². The average Bonchev–Trinajstić information content (AvgIpc) is 3.08. The number of thiazole rings is 1. The maximum atomic E-state index is 5.86. The van der Waals surface area contributed by atoms with E-state index < -0.39 is 0 Å². The van der Waals surface area contributed by atoms with Crippen molar-refractivity contribution in [1.29, 1.82) is 0 Å². The number of benzene rings is 1. The topological polar surface area (TPSA) is 43.3 Å². The van der Waals surface area contributed by atoms with Gasteiger partial charge in [0.15, 0.2) is 4.96 Å². The third-order valence-corrected chi connectivity index (χ3v) is 4.94. The van der Waals surface area contributed by atoms with Gasteiger partial charge in [-0.3, -0.25) is 4.40 Å². The lowest BCUT2D eigenvalue weighted by molar-refractivity contribution is 0.786. The monoisotopic (exact) mass is 313 g/mol. The third kappa shape index (κ3) is 2.57. The van der Waals surface area contributed by atoms with Crippen LogP contribution in [0.15, 0.2) is 29.6 Å². The van der Waals surface area contributed by atoms with E-state index in [9.17, 15) is 0 Å². The summed E-state index contributed by atoms with van der Waals surface area (Å²) in [6.07, 6.45) is 1.91. The molecule has 2 N–H and O–H groups in total. The van der Waals surface area contributed by atoms with Crippen LogP contribution < -0.4 is 5.73 Å². The molecule has 0 spiro atoms. The SMILES string of the molecule is CCc1ccc(-c2nc3scc(C(C)C)n3c2CCN)cc1. The molecule has 1 aromatic carbocycles. The molecule has 0 atom stereocenters. The molecule has 116 valence electrons. The number of rotatable bonds is 5. The van der Waals surface area contributed by atoms with Gasteiger partial charge >= 0.3 is 0 Å². The molecule has 0 aliphatic heterocycles. The molecule has 0 aliphatic rings. The van der Waals surface area contributed by atoms with Crippen molar-refractivity contribution >= 4 is 16.3 Å². The molecule has 0 bridgehead atoms. The van der Waals surface area contributed by atoms with Gasteiger partial charge in [-0.2, -0.15) is 0 Å². The van der Waals surface area contributed by atoms with Gasteiger partial charge in [0.05, 0.1) is 11.4 Å². The Labute approximate surface area is 135 Å². The van der Waals surface area contributed by atoms with Crippen molar-refractivity contribution < 1.29 is 0 Å². The van der Waals surface area contributed by atoms with Crippen molar-refractivity contribution in [2.45, 2.75) is 39.5 Å². The van der Waals surface area contributed by atoms with E-state index in [-0.39, 0.29) is 0 Å². The number of hydrogen-bond donors (Lipinski definition) is 1. The number of hydrogen-bond acceptors (Lipinski definition) is 3. The van der Waals surface area contributed by atoms with E-state index in [4.69, 9.17) is 10.7 Å². The lowest BCUT2D eigenvalue weighted by Crippen LogP contribution is -2.08. The Morgan fingerprint density at radius 1 is 1.23 bits per heavy atom. The summed E-state index contributed by atoms with van der Waals surface area (Å²) in [6, 6.07) is 8.75. The summed E-state index contributed by atoms with van der Waals surface area (Å²) >= 11 is 1.72. The van der Waals surface area contributed by atoms with E-state index in [0.29, 0.717) is 12.5 Å². The van der Waals surface area contributed by atoms with Crippen molar-refractivity contribution in [1.82, 2.24) is 9.38 Å². The quantitative estimate of drug-likeness (QED) is 0.765. The molecule has 22 heavy (non-hydrogen) atoms. The zero-order chi connectivity index (χ0) is 15.7. The largest absolute Gasteiger partial charge is 0.330 e. The second kappa shape index (κ2) is 6.23. The van der Waals surface area contributed by atoms with Crippen LogP contribution in [0, 0.1) is 0 Å². The molecule has 3 nitrogen and oxygen atoms in total. The summed E-state index contributed by atoms with van der Waals surface area (Å²) in [5.41, 5.74) is 12.1. The number of nitrogens with zero attached hydrogens (tertiary/aromatic N) is 2. The smallest absolute Gasteiger partial charge is 0.194 e. The minimum Gasteiger partial charge on any atom is -0.330 e. The molecule has 0 saturated carbocycles. The standard InChI is InChI=1S/C18H23N3S/c1-4-13-5-7-14(8-6-13)17-15(9-10-19)21-16(12(2)3)11-22-18(21)20-17/h5-8,11-12H,4,9-10,19H2,1-3H3. The summed E-state index contributed by atoms with van der Waals surface area (Å²) < 4.78 is 2.31. The van der Waals surface area contributed by atoms with Crippen LogP contribution in [-0.4, -0.2) is 15.9 Å². The van der Waals surface area contributed by atoms with Crippen molar-refractivity contribution in [2.75, 3.05) is 6.54 Å². The highest BCUT2D eigenvalue weighted by Crippen LogP contribution is 2.31. The summed E-state index contributed by atoms with van der Waals surface area (Å²) in [7, 11) is 0. The molecule has 0 unspecified atom stereocenters. The van der Waals surface area contributed by atoms with E-state index >= 15 is 0 Å². The molecule has 2 heterocycles. The normalized spacial score (nSPS) is 11.7. The predicted octanol–water partition coefficient (Wildman–Crippen LogP) is 4.25. The number of aromatic nitrogens is 2. The van der Waals surface area contributed by atoms with Gasteiger partial charge in [0.2, 0.25) is 0 Å². The number of fused-ring (bicyclic) bond motifs is 1. The van der Waals surface area contributed by atoms with Crippen LogP contribution in [0.4, 0.5) is 0 Å². The lowest BCUT2D eigenvalue weighted by Gasteiger charge is -2.08. The molecule has 3 rings (SSSR count). The van der Waals surface area contributed by atoms with Gasteiger partial charge in [-0.1, -0.05) is 45.0 Å². The van der Waals surface area contributed by atoms with Crippen molar-refractivity contribution in [3.8, 4) is 11.3 Å². The number of aryl methyl sites for hydroxylation is 1. The van der Waals surface area contributed by atoms with Crippen LogP contribution in [0.1, 0.15) is 43.6 Å². The summed E-state index contributed by atoms with van der Waals surface area (Å²) in [5.74, 6) is 0.481. The Morgan fingerprint density at radius 2 is 1.95 bits per heavy atom. The summed E-state index contributed by atoms with van der Waals surface area (Å²) in [5, 5.41) is 2.22. The van der Waals surface area contributed by atoms with E-state index in [2.05, 4.69) is 54.8 Å². The summed E-state index contributed by atoms with van der Waals surface area (Å²) in [4.78, 5) is 5.96. The van der Waals surface area contributed by atoms with Gasteiger partial charge in [-0.05, 0) is 24.4 Å². The first kappa shape index (κ1) is 15.3. The van der Waals surface area contributed by atoms with Gasteiger partial charge in [0.1, 0.15) is 0 Å². The van der Waals surface area contributed by atoms with Crippen molar-refractivity contribution in [2.24, 2.45) is 5.73 Å². The molecule has 0 saturated heterocycles. The van der Waals surface area contributed by atoms with E-state index in [1.807, 2.05) is 0 Å². The van der Waals surface area contributed by atoms with Crippen molar-refractivity contribution in [3.05, 3.63) is 46.6 Å². The molecule has 0 radical (unpaired) electrons. The Hall–Kier alpha value is -1.65. The molecule has 0 fully saturated rings. The van der Waals surface area contributed by atoms with Crippen LogP contribution >= 0.6 is 11.3 Å². The molecule has 2 aromatic heterocycles. The maximum Gasteiger partial charge on any atom is 0.194 e. The van der Waals surface area contributed by atoms with E-state index in [0.717, 1.165) is 23.5 Å². The highest BCUT2D eigenvalue weighted by Gasteiger charge is 2.18. The minimum absolute atomic E-state index is 0.481. The molecule has 0 aliphatic carbocycles. The zero-order valence-corrected chi connectivity index (χ0v) is 14.3. The van der Waals surface area contributed by atoms with Gasteiger partial charge in [-0.15, -0.1) is 11.3 Å². The van der Waals surface area contributed by atoms with Gasteiger partial charge < -0.3 is 5.73 Å². The van der Waals surface area contributed by atoms with Crippen LogP contribution in [0.3, 0.4) is 0 Å². The Balaban J connectivity index is 2.17. The second-order valence-electron chi connectivity index (χ2n) is 5.93. The predicted molar refractivity (Wildman–Crippen MR) is 94.7 cm³/mol. The highest BCUT2D eigenvalue weighted by atomic mass is 32.1. The fraction of sp³-hybridized carbons (Fsp3) is 0.389. The van der Waals surface area contributed by atoms with Crippen molar-refractivity contribution in [3.63, 3.8) is 0 Å². The fourth-order valence-electron chi connectivity index (χ4n) is 2.83. The second-order valence-corrected chi connectivity index (χ2v) is 6.77. The van der Waals surface area contributed by atoms with Crippen LogP contribution in [0.2, 0.25) is 0 Å². The Morgan fingerprint density at radius 3 is 2.55 bits per heavy atom. The minimum atomic E-state index is 0.481. The van der Waals surface area contributed by atoms with E-state index in [1.165, 1.54) is 22.5 Å². The number of nitrogens with two attached hydrogens (primary N) is 1. The van der Waals surface area contributed by atoms with Crippen LogP contribution in [-0.2, 0) is 12.8 Å². The zero-order valence-electron chi connectivity index (χ0n) is 13.5. The molecule has 4 heteroatoms. The van der Waals surface area contributed by atoms with Gasteiger partial charge in [0, 0.05) is 23.1 Å².